The van der Waals surface area contributed by atoms with Gasteiger partial charge in [0.15, 0.2) is 11.5 Å². The maximum absolute atomic E-state index is 12.6. The fraction of sp³-hybridized carbons (Fsp3) is 0.278. The molecule has 0 radical (unpaired) electrons. The molecule has 1 aliphatic heterocycles. The molecule has 27 heavy (non-hydrogen) atoms. The maximum Gasteiger partial charge on any atom is 0.270 e. The molecule has 0 aliphatic carbocycles. The highest BCUT2D eigenvalue weighted by atomic mass is 35.5. The van der Waals surface area contributed by atoms with Crippen LogP contribution < -0.4 is 19.7 Å². The van der Waals surface area contributed by atoms with Crippen LogP contribution in [0.15, 0.2) is 30.3 Å². The summed E-state index contributed by atoms with van der Waals surface area (Å²) in [6.07, 6.45) is 0. The van der Waals surface area contributed by atoms with Crippen molar-refractivity contribution in [3.05, 3.63) is 56.6 Å². The molecule has 3 rings (SSSR count). The van der Waals surface area contributed by atoms with E-state index in [0.717, 1.165) is 5.56 Å². The van der Waals surface area contributed by atoms with E-state index in [1.165, 1.54) is 12.1 Å². The first-order chi connectivity index (χ1) is 12.9. The van der Waals surface area contributed by atoms with Gasteiger partial charge in [0.25, 0.3) is 11.6 Å². The van der Waals surface area contributed by atoms with Crippen molar-refractivity contribution in [2.45, 2.75) is 6.54 Å². The zero-order chi connectivity index (χ0) is 19.6. The molecule has 2 aromatic rings. The molecule has 8 nitrogen and oxygen atoms in total. The molecular weight excluding hydrogens is 374 g/mol. The molecule has 0 aromatic heterocycles. The lowest BCUT2D eigenvalue weighted by atomic mass is 10.1. The van der Waals surface area contributed by atoms with Crippen molar-refractivity contribution in [1.29, 1.82) is 0 Å². The first-order valence-electron chi connectivity index (χ1n) is 8.19. The second-order valence-corrected chi connectivity index (χ2v) is 6.54. The number of amides is 1. The van der Waals surface area contributed by atoms with Gasteiger partial charge >= 0.3 is 0 Å². The molecule has 1 heterocycles. The first kappa shape index (κ1) is 18.8. The second kappa shape index (κ2) is 7.71. The Labute approximate surface area is 160 Å². The number of ether oxygens (including phenoxy) is 2. The van der Waals surface area contributed by atoms with Crippen molar-refractivity contribution in [1.82, 2.24) is 5.32 Å². The van der Waals surface area contributed by atoms with Crippen molar-refractivity contribution in [3.8, 4) is 11.5 Å². The van der Waals surface area contributed by atoms with E-state index in [4.69, 9.17) is 21.1 Å². The summed E-state index contributed by atoms with van der Waals surface area (Å²) in [5.41, 5.74) is 1.39. The number of benzene rings is 2. The average Bonchev–Trinajstić information content (AvgIpc) is 2.65. The summed E-state index contributed by atoms with van der Waals surface area (Å²) in [4.78, 5) is 24.9. The van der Waals surface area contributed by atoms with Gasteiger partial charge in [-0.3, -0.25) is 14.9 Å². The maximum atomic E-state index is 12.6. The van der Waals surface area contributed by atoms with Crippen LogP contribution in [0.25, 0.3) is 0 Å². The molecule has 2 aromatic carbocycles. The van der Waals surface area contributed by atoms with Gasteiger partial charge in [0.1, 0.15) is 13.2 Å². The average molecular weight is 392 g/mol. The van der Waals surface area contributed by atoms with Crippen molar-refractivity contribution >= 4 is 28.9 Å². The van der Waals surface area contributed by atoms with Crippen LogP contribution >= 0.6 is 11.6 Å². The first-order valence-corrected chi connectivity index (χ1v) is 8.56. The zero-order valence-electron chi connectivity index (χ0n) is 14.8. The van der Waals surface area contributed by atoms with Crippen molar-refractivity contribution in [2.24, 2.45) is 0 Å². The van der Waals surface area contributed by atoms with Crippen LogP contribution in [0.2, 0.25) is 5.02 Å². The van der Waals surface area contributed by atoms with Crippen LogP contribution in [-0.4, -0.2) is 38.1 Å². The lowest BCUT2D eigenvalue weighted by Crippen LogP contribution is -2.25. The highest BCUT2D eigenvalue weighted by Gasteiger charge is 2.19. The van der Waals surface area contributed by atoms with Crippen LogP contribution in [0.3, 0.4) is 0 Å². The Morgan fingerprint density at radius 1 is 1.26 bits per heavy atom. The molecule has 1 N–H and O–H groups in total. The molecule has 0 spiro atoms. The third-order valence-electron chi connectivity index (χ3n) is 4.03. The van der Waals surface area contributed by atoms with Crippen molar-refractivity contribution in [2.75, 3.05) is 32.2 Å². The fourth-order valence-corrected chi connectivity index (χ4v) is 3.04. The minimum Gasteiger partial charge on any atom is -0.486 e. The second-order valence-electron chi connectivity index (χ2n) is 6.14. The minimum absolute atomic E-state index is 0.145. The number of nitro benzene ring substituents is 1. The Kier molecular flexibility index (Phi) is 5.36. The quantitative estimate of drug-likeness (QED) is 0.622. The van der Waals surface area contributed by atoms with E-state index >= 15 is 0 Å². The summed E-state index contributed by atoms with van der Waals surface area (Å²) in [6.45, 7) is 1.05. The normalized spacial score (nSPS) is 12.4. The van der Waals surface area contributed by atoms with Gasteiger partial charge in [0.2, 0.25) is 0 Å². The predicted molar refractivity (Wildman–Crippen MR) is 101 cm³/mol. The van der Waals surface area contributed by atoms with Crippen LogP contribution in [0.1, 0.15) is 15.9 Å². The Hall–Kier alpha value is -3.00. The molecule has 9 heteroatoms. The van der Waals surface area contributed by atoms with Gasteiger partial charge in [-0.05, 0) is 23.8 Å². The number of hydrogen-bond acceptors (Lipinski definition) is 6. The van der Waals surface area contributed by atoms with E-state index in [9.17, 15) is 14.9 Å². The van der Waals surface area contributed by atoms with Gasteiger partial charge < -0.3 is 19.7 Å². The molecular formula is C18H18ClN3O5. The zero-order valence-corrected chi connectivity index (χ0v) is 15.6. The molecule has 0 unspecified atom stereocenters. The Bertz CT molecular complexity index is 901. The lowest BCUT2D eigenvalue weighted by Gasteiger charge is -2.20. The van der Waals surface area contributed by atoms with E-state index in [2.05, 4.69) is 5.32 Å². The summed E-state index contributed by atoms with van der Waals surface area (Å²) in [5.74, 6) is 0.599. The topological polar surface area (TPSA) is 93.9 Å². The summed E-state index contributed by atoms with van der Waals surface area (Å²) in [5, 5.41) is 14.2. The molecule has 0 bridgehead atoms. The summed E-state index contributed by atoms with van der Waals surface area (Å²) in [6, 6.07) is 7.62. The van der Waals surface area contributed by atoms with E-state index in [0.29, 0.717) is 35.4 Å². The fourth-order valence-electron chi connectivity index (χ4n) is 2.75. The van der Waals surface area contributed by atoms with E-state index in [1.807, 2.05) is 0 Å². The number of hydrogen-bond donors (Lipinski definition) is 1. The number of nitrogens with one attached hydrogen (secondary N) is 1. The van der Waals surface area contributed by atoms with Gasteiger partial charge in [-0.2, -0.15) is 0 Å². The molecule has 0 saturated carbocycles. The monoisotopic (exact) mass is 391 g/mol. The summed E-state index contributed by atoms with van der Waals surface area (Å²) in [7, 11) is 3.52. The number of halogens is 1. The van der Waals surface area contributed by atoms with Gasteiger partial charge in [0.05, 0.1) is 15.5 Å². The van der Waals surface area contributed by atoms with Crippen LogP contribution in [0.5, 0.6) is 11.5 Å². The summed E-state index contributed by atoms with van der Waals surface area (Å²) < 4.78 is 11.0. The van der Waals surface area contributed by atoms with E-state index in [-0.39, 0.29) is 17.8 Å². The number of rotatable bonds is 5. The SMILES string of the molecule is CN(C)c1ccc([N+](=O)[O-])cc1C(=O)NCc1cc(Cl)c2c(c1)OCCO2. The van der Waals surface area contributed by atoms with Gasteiger partial charge in [-0.1, -0.05) is 11.6 Å². The Morgan fingerprint density at radius 3 is 2.70 bits per heavy atom. The van der Waals surface area contributed by atoms with Crippen molar-refractivity contribution in [3.63, 3.8) is 0 Å². The lowest BCUT2D eigenvalue weighted by molar-refractivity contribution is -0.384. The Balaban J connectivity index is 1.81. The molecule has 1 amide bonds. The van der Waals surface area contributed by atoms with Gasteiger partial charge in [-0.15, -0.1) is 0 Å². The molecule has 1 aliphatic rings. The third-order valence-corrected chi connectivity index (χ3v) is 4.31. The van der Waals surface area contributed by atoms with Gasteiger partial charge in [-0.25, -0.2) is 0 Å². The number of fused-ring (bicyclic) bond motifs is 1. The van der Waals surface area contributed by atoms with Crippen LogP contribution in [0, 0.1) is 10.1 Å². The Morgan fingerprint density at radius 2 is 2.00 bits per heavy atom. The number of nitro groups is 1. The number of carbonyl (C=O) groups is 1. The standard InChI is InChI=1S/C18H18ClN3O5/c1-21(2)15-4-3-12(22(24)25)9-13(15)18(23)20-10-11-7-14(19)17-16(8-11)26-5-6-27-17/h3-4,7-9H,5-6,10H2,1-2H3,(H,20,23). The van der Waals surface area contributed by atoms with E-state index in [1.54, 1.807) is 37.2 Å². The predicted octanol–water partition coefficient (Wildman–Crippen LogP) is 3.02. The largest absolute Gasteiger partial charge is 0.486 e. The van der Waals surface area contributed by atoms with Crippen LogP contribution in [0.4, 0.5) is 11.4 Å². The number of anilines is 1. The number of non-ortho nitro benzene ring substituents is 1. The molecule has 142 valence electrons. The van der Waals surface area contributed by atoms with Crippen LogP contribution in [-0.2, 0) is 6.54 Å². The highest BCUT2D eigenvalue weighted by molar-refractivity contribution is 6.32. The highest BCUT2D eigenvalue weighted by Crippen LogP contribution is 2.38. The molecule has 0 atom stereocenters. The molecule has 0 saturated heterocycles. The van der Waals surface area contributed by atoms with Gasteiger partial charge in [0, 0.05) is 38.5 Å². The third kappa shape index (κ3) is 4.06. The smallest absolute Gasteiger partial charge is 0.270 e. The van der Waals surface area contributed by atoms with E-state index < -0.39 is 10.8 Å². The van der Waals surface area contributed by atoms with Crippen molar-refractivity contribution < 1.29 is 19.2 Å². The minimum atomic E-state index is -0.531. The summed E-state index contributed by atoms with van der Waals surface area (Å²) >= 11 is 6.20. The molecule has 0 fully saturated rings. The number of nitrogens with zero attached hydrogens (tertiary/aromatic N) is 2. The number of carbonyl (C=O) groups excluding carboxylic acids is 1.